The quantitative estimate of drug-likeness (QED) is 0.352. The Bertz CT molecular complexity index is 1680. The number of hydrogen-bond acceptors (Lipinski definition) is 11. The van der Waals surface area contributed by atoms with Crippen LogP contribution in [0.15, 0.2) is 36.8 Å². The number of benzene rings is 1. The first kappa shape index (κ1) is 33.9. The van der Waals surface area contributed by atoms with E-state index in [-0.39, 0.29) is 41.4 Å². The first-order valence-corrected chi connectivity index (χ1v) is 14.7. The van der Waals surface area contributed by atoms with Crippen LogP contribution in [-0.4, -0.2) is 111 Å². The number of nitriles is 1. The van der Waals surface area contributed by atoms with E-state index in [1.54, 1.807) is 18.0 Å². The van der Waals surface area contributed by atoms with Gasteiger partial charge in [-0.25, -0.2) is 14.8 Å². The molecule has 0 radical (unpaired) electrons. The molecule has 17 heteroatoms. The van der Waals surface area contributed by atoms with Gasteiger partial charge in [-0.2, -0.15) is 18.4 Å². The van der Waals surface area contributed by atoms with Crippen LogP contribution in [0.2, 0.25) is 0 Å². The number of ether oxygens (including phenoxy) is 2. The Morgan fingerprint density at radius 3 is 2.62 bits per heavy atom. The molecule has 0 bridgehead atoms. The first-order valence-electron chi connectivity index (χ1n) is 14.7. The zero-order chi connectivity index (χ0) is 34.2. The summed E-state index contributed by atoms with van der Waals surface area (Å²) in [5.41, 5.74) is -1.24. The van der Waals surface area contributed by atoms with E-state index in [0.717, 1.165) is 21.6 Å². The van der Waals surface area contributed by atoms with Crippen molar-refractivity contribution < 1.29 is 47.6 Å². The number of alkyl halides is 3. The number of aliphatic hydroxyl groups excluding tert-OH is 3. The van der Waals surface area contributed by atoms with Crippen LogP contribution in [0.1, 0.15) is 25.3 Å². The van der Waals surface area contributed by atoms with Gasteiger partial charge in [0.1, 0.15) is 42.6 Å². The van der Waals surface area contributed by atoms with Gasteiger partial charge in [-0.15, -0.1) is 0 Å². The smallest absolute Gasteiger partial charge is 0.416 e. The van der Waals surface area contributed by atoms with Crippen molar-refractivity contribution in [1.82, 2.24) is 19.4 Å². The van der Waals surface area contributed by atoms with Crippen molar-refractivity contribution in [2.45, 2.75) is 56.6 Å². The van der Waals surface area contributed by atoms with Crippen molar-refractivity contribution in [2.75, 3.05) is 43.6 Å². The minimum absolute atomic E-state index is 0.154. The van der Waals surface area contributed by atoms with Crippen LogP contribution in [0.4, 0.5) is 29.5 Å². The molecule has 2 fully saturated rings. The predicted octanol–water partition coefficient (Wildman–Crippen LogP) is 1.96. The Kier molecular flexibility index (Phi) is 9.59. The molecule has 2 aromatic heterocycles. The van der Waals surface area contributed by atoms with Gasteiger partial charge >= 0.3 is 12.2 Å². The Balaban J connectivity index is 1.46. The Hall–Kier alpha value is -4.50. The van der Waals surface area contributed by atoms with E-state index in [9.17, 15) is 38.1 Å². The number of fused-ring (bicyclic) bond motifs is 1. The number of carbonyl (C=O) groups is 2. The van der Waals surface area contributed by atoms with E-state index in [4.69, 9.17) is 14.7 Å². The van der Waals surface area contributed by atoms with Crippen LogP contribution in [0.3, 0.4) is 0 Å². The lowest BCUT2D eigenvalue weighted by molar-refractivity contribution is -0.241. The number of carbonyl (C=O) groups excluding carboxylic acids is 2. The minimum atomic E-state index is -4.77. The second kappa shape index (κ2) is 13.3. The number of aromatic nitrogens is 3. The molecule has 0 spiro atoms. The van der Waals surface area contributed by atoms with Crippen molar-refractivity contribution in [3.05, 3.63) is 42.4 Å². The van der Waals surface area contributed by atoms with Crippen molar-refractivity contribution in [2.24, 2.45) is 5.92 Å². The molecule has 5 rings (SSSR count). The summed E-state index contributed by atoms with van der Waals surface area (Å²) in [4.78, 5) is 39.4. The lowest BCUT2D eigenvalue weighted by Crippen LogP contribution is -2.54. The van der Waals surface area contributed by atoms with Gasteiger partial charge in [0.05, 0.1) is 35.4 Å². The number of likely N-dealkylation sites (tertiary alicyclic amines) is 1. The maximum atomic E-state index is 13.9. The van der Waals surface area contributed by atoms with E-state index < -0.39 is 49.0 Å². The number of amides is 2. The van der Waals surface area contributed by atoms with E-state index in [0.29, 0.717) is 36.8 Å². The SMILES string of the molecule is C[C@@H]1CCN(C(=O)CC#N)CC1N(C)c1ncnc2c1ccn2C(=O)N(C)c1cc(C(F)(F)F)ccc1O[C@@H]1OC[C@@H](O)[C@H](O)[C@H]1O. The number of anilines is 2. The van der Waals surface area contributed by atoms with E-state index in [1.165, 1.54) is 19.6 Å². The number of hydrogen-bond donors (Lipinski definition) is 3. The maximum absolute atomic E-state index is 13.9. The highest BCUT2D eigenvalue weighted by Crippen LogP contribution is 2.38. The Morgan fingerprint density at radius 1 is 1.17 bits per heavy atom. The summed E-state index contributed by atoms with van der Waals surface area (Å²) in [7, 11) is 3.04. The highest BCUT2D eigenvalue weighted by molar-refractivity contribution is 6.01. The third-order valence-electron chi connectivity index (χ3n) is 8.63. The summed E-state index contributed by atoms with van der Waals surface area (Å²) < 4.78 is 53.2. The van der Waals surface area contributed by atoms with Crippen LogP contribution >= 0.6 is 0 Å². The normalized spacial score (nSPS) is 24.9. The third-order valence-corrected chi connectivity index (χ3v) is 8.63. The zero-order valence-electron chi connectivity index (χ0n) is 25.7. The Labute approximate surface area is 267 Å². The van der Waals surface area contributed by atoms with E-state index in [2.05, 4.69) is 9.97 Å². The van der Waals surface area contributed by atoms with Gasteiger partial charge in [-0.1, -0.05) is 6.92 Å². The van der Waals surface area contributed by atoms with Gasteiger partial charge < -0.3 is 34.6 Å². The summed E-state index contributed by atoms with van der Waals surface area (Å²) >= 11 is 0. The number of piperidine rings is 1. The van der Waals surface area contributed by atoms with E-state index in [1.807, 2.05) is 17.9 Å². The molecule has 1 unspecified atom stereocenters. The van der Waals surface area contributed by atoms with Crippen LogP contribution in [0, 0.1) is 17.2 Å². The molecule has 1 aromatic carbocycles. The lowest BCUT2D eigenvalue weighted by Gasteiger charge is -2.42. The molecule has 2 amide bonds. The summed E-state index contributed by atoms with van der Waals surface area (Å²) in [6.07, 6.45) is -7.96. The molecule has 2 aliphatic rings. The summed E-state index contributed by atoms with van der Waals surface area (Å²) in [6.45, 7) is 2.52. The van der Waals surface area contributed by atoms with Crippen molar-refractivity contribution in [3.63, 3.8) is 0 Å². The molecular weight excluding hydrogens is 627 g/mol. The number of halogens is 3. The second-order valence-electron chi connectivity index (χ2n) is 11.6. The van der Waals surface area contributed by atoms with E-state index >= 15 is 0 Å². The van der Waals surface area contributed by atoms with Crippen LogP contribution in [0.5, 0.6) is 5.75 Å². The molecule has 3 aromatic rings. The third kappa shape index (κ3) is 6.67. The topological polar surface area (TPSA) is 178 Å². The number of nitrogens with zero attached hydrogens (tertiary/aromatic N) is 7. The van der Waals surface area contributed by atoms with Gasteiger partial charge in [0.25, 0.3) is 0 Å². The minimum Gasteiger partial charge on any atom is -0.460 e. The van der Waals surface area contributed by atoms with Crippen LogP contribution in [-0.2, 0) is 15.7 Å². The molecule has 2 saturated heterocycles. The molecule has 252 valence electrons. The average Bonchev–Trinajstić information content (AvgIpc) is 3.48. The molecular formula is C30H34F3N7O7. The number of rotatable bonds is 6. The maximum Gasteiger partial charge on any atom is 0.416 e. The fourth-order valence-electron chi connectivity index (χ4n) is 5.82. The lowest BCUT2D eigenvalue weighted by atomic mass is 9.92. The van der Waals surface area contributed by atoms with Crippen molar-refractivity contribution in [3.8, 4) is 11.8 Å². The largest absolute Gasteiger partial charge is 0.460 e. The molecule has 47 heavy (non-hydrogen) atoms. The van der Waals surface area contributed by atoms with Crippen LogP contribution < -0.4 is 14.5 Å². The zero-order valence-corrected chi connectivity index (χ0v) is 25.7. The molecule has 0 saturated carbocycles. The summed E-state index contributed by atoms with van der Waals surface area (Å²) in [6, 6.07) is 4.91. The molecule has 2 aliphatic heterocycles. The van der Waals surface area contributed by atoms with Crippen LogP contribution in [0.25, 0.3) is 11.0 Å². The van der Waals surface area contributed by atoms with Gasteiger partial charge in [0.2, 0.25) is 12.2 Å². The Morgan fingerprint density at radius 2 is 1.91 bits per heavy atom. The summed E-state index contributed by atoms with van der Waals surface area (Å²) in [5.74, 6) is 0.0840. The monoisotopic (exact) mass is 661 g/mol. The standard InChI is InChI=1S/C30H34F3N7O7/c1-16-7-10-39(23(42)6-9-34)13-20(16)37(2)26-18-8-11-40(27(18)36-15-35-26)29(45)38(3)19-12-17(30(31,32)33)4-5-22(19)47-28-25(44)24(43)21(41)14-46-28/h4-5,8,11-12,15-16,20-21,24-25,28,41,43-44H,6-7,10,13-14H2,1-3H3/t16-,20?,21-,24+,25-,28+/m1/s1. The van der Waals surface area contributed by atoms with Crippen molar-refractivity contribution in [1.29, 1.82) is 5.26 Å². The highest BCUT2D eigenvalue weighted by atomic mass is 19.4. The summed E-state index contributed by atoms with van der Waals surface area (Å²) in [5, 5.41) is 39.6. The van der Waals surface area contributed by atoms with Gasteiger partial charge in [-0.3, -0.25) is 14.3 Å². The molecule has 14 nitrogen and oxygen atoms in total. The number of likely N-dealkylation sites (N-methyl/N-ethyl adjacent to an activating group) is 1. The fraction of sp³-hybridized carbons (Fsp3) is 0.500. The van der Waals surface area contributed by atoms with Gasteiger partial charge in [-0.05, 0) is 36.6 Å². The molecule has 4 heterocycles. The molecule has 3 N–H and O–H groups in total. The average molecular weight is 662 g/mol. The van der Waals surface area contributed by atoms with Crippen molar-refractivity contribution >= 4 is 34.5 Å². The first-order chi connectivity index (χ1) is 22.2. The number of aliphatic hydroxyl groups is 3. The van der Waals surface area contributed by atoms with Gasteiger partial charge in [0, 0.05) is 33.4 Å². The molecule has 0 aliphatic carbocycles. The highest BCUT2D eigenvalue weighted by Gasteiger charge is 2.40. The van der Waals surface area contributed by atoms with Gasteiger partial charge in [0.15, 0.2) is 5.65 Å². The second-order valence-corrected chi connectivity index (χ2v) is 11.6. The predicted molar refractivity (Wildman–Crippen MR) is 159 cm³/mol. The fourth-order valence-corrected chi connectivity index (χ4v) is 5.82. The molecule has 6 atom stereocenters.